The van der Waals surface area contributed by atoms with Crippen LogP contribution in [0.4, 0.5) is 0 Å². The van der Waals surface area contributed by atoms with Crippen LogP contribution in [0, 0.1) is 0 Å². The summed E-state index contributed by atoms with van der Waals surface area (Å²) in [6.07, 6.45) is 1.03. The predicted molar refractivity (Wildman–Crippen MR) is 101 cm³/mol. The highest BCUT2D eigenvalue weighted by molar-refractivity contribution is 9.10. The van der Waals surface area contributed by atoms with Gasteiger partial charge in [0.05, 0.1) is 12.7 Å². The van der Waals surface area contributed by atoms with Crippen LogP contribution in [0.25, 0.3) is 0 Å². The number of ether oxygens (including phenoxy) is 1. The fourth-order valence-electron chi connectivity index (χ4n) is 2.87. The zero-order valence-corrected chi connectivity index (χ0v) is 15.7. The highest BCUT2D eigenvalue weighted by Gasteiger charge is 2.20. The van der Waals surface area contributed by atoms with Gasteiger partial charge >= 0.3 is 0 Å². The Bertz CT molecular complexity index is 724. The number of carbonyl (C=O) groups is 1. The Morgan fingerprint density at radius 3 is 2.92 bits per heavy atom. The van der Waals surface area contributed by atoms with E-state index < -0.39 is 0 Å². The lowest BCUT2D eigenvalue weighted by Gasteiger charge is -2.27. The lowest BCUT2D eigenvalue weighted by atomic mass is 9.94. The fourth-order valence-corrected chi connectivity index (χ4v) is 3.30. The van der Waals surface area contributed by atoms with Crippen LogP contribution < -0.4 is 15.4 Å². The quantitative estimate of drug-likeness (QED) is 0.809. The molecule has 24 heavy (non-hydrogen) atoms. The Labute approximate surface area is 156 Å². The smallest absolute Gasteiger partial charge is 0.252 e. The minimum atomic E-state index is -0.111. The maximum absolute atomic E-state index is 12.5. The van der Waals surface area contributed by atoms with Gasteiger partial charge in [-0.1, -0.05) is 24.3 Å². The van der Waals surface area contributed by atoms with Crippen molar-refractivity contribution in [3.63, 3.8) is 0 Å². The number of benzene rings is 2. The minimum absolute atomic E-state index is 0. The van der Waals surface area contributed by atoms with Gasteiger partial charge in [-0.3, -0.25) is 4.79 Å². The third-order valence-corrected chi connectivity index (χ3v) is 4.79. The van der Waals surface area contributed by atoms with Crippen molar-refractivity contribution in [1.82, 2.24) is 10.6 Å². The molecule has 1 amide bonds. The molecular weight excluding hydrogens is 392 g/mol. The number of rotatable bonds is 4. The van der Waals surface area contributed by atoms with Crippen LogP contribution in [-0.2, 0) is 6.42 Å². The Morgan fingerprint density at radius 2 is 2.12 bits per heavy atom. The third-order valence-electron chi connectivity index (χ3n) is 4.10. The van der Waals surface area contributed by atoms with Gasteiger partial charge < -0.3 is 15.4 Å². The van der Waals surface area contributed by atoms with Crippen LogP contribution in [0.1, 0.15) is 27.5 Å². The van der Waals surface area contributed by atoms with E-state index in [4.69, 9.17) is 4.74 Å². The van der Waals surface area contributed by atoms with Gasteiger partial charge in [0.25, 0.3) is 5.91 Å². The molecule has 4 nitrogen and oxygen atoms in total. The molecule has 1 aliphatic rings. The topological polar surface area (TPSA) is 50.4 Å². The van der Waals surface area contributed by atoms with E-state index in [1.54, 1.807) is 13.2 Å². The van der Waals surface area contributed by atoms with Gasteiger partial charge in [-0.2, -0.15) is 0 Å². The predicted octanol–water partition coefficient (Wildman–Crippen LogP) is 3.50. The molecule has 3 rings (SSSR count). The van der Waals surface area contributed by atoms with Crippen LogP contribution in [0.2, 0.25) is 0 Å². The largest absolute Gasteiger partial charge is 0.497 e. The van der Waals surface area contributed by atoms with Crippen molar-refractivity contribution in [1.29, 1.82) is 0 Å². The first-order chi connectivity index (χ1) is 11.2. The molecule has 0 bridgehead atoms. The summed E-state index contributed by atoms with van der Waals surface area (Å²) >= 11 is 3.42. The normalized spacial score (nSPS) is 15.8. The van der Waals surface area contributed by atoms with Gasteiger partial charge in [-0.15, -0.1) is 12.4 Å². The number of amides is 1. The average Bonchev–Trinajstić information content (AvgIpc) is 2.60. The Kier molecular flexibility index (Phi) is 6.66. The first-order valence-electron chi connectivity index (χ1n) is 7.62. The van der Waals surface area contributed by atoms with Crippen molar-refractivity contribution in [3.05, 3.63) is 63.6 Å². The number of carbonyl (C=O) groups excluding carboxylic acids is 1. The van der Waals surface area contributed by atoms with E-state index in [2.05, 4.69) is 44.8 Å². The van der Waals surface area contributed by atoms with Gasteiger partial charge in [-0.25, -0.2) is 0 Å². The summed E-state index contributed by atoms with van der Waals surface area (Å²) in [7, 11) is 1.59. The summed E-state index contributed by atoms with van der Waals surface area (Å²) in [5.74, 6) is 0.556. The molecule has 128 valence electrons. The van der Waals surface area contributed by atoms with Crippen LogP contribution in [0.15, 0.2) is 46.9 Å². The number of methoxy groups -OCH3 is 1. The zero-order chi connectivity index (χ0) is 16.2. The lowest BCUT2D eigenvalue weighted by Crippen LogP contribution is -2.38. The summed E-state index contributed by atoms with van der Waals surface area (Å²) in [5, 5.41) is 6.48. The maximum Gasteiger partial charge on any atom is 0.252 e. The minimum Gasteiger partial charge on any atom is -0.497 e. The van der Waals surface area contributed by atoms with E-state index in [0.717, 1.165) is 17.4 Å². The zero-order valence-electron chi connectivity index (χ0n) is 13.3. The van der Waals surface area contributed by atoms with Crippen molar-refractivity contribution in [2.24, 2.45) is 0 Å². The molecule has 1 unspecified atom stereocenters. The molecule has 0 saturated heterocycles. The first-order valence-corrected chi connectivity index (χ1v) is 8.41. The standard InChI is InChI=1S/C18H19BrN2O2.ClH/c1-23-13-6-7-16(19)15(10-13)18(22)21-11-17-14-5-3-2-4-12(14)8-9-20-17;/h2-7,10,17,20H,8-9,11H2,1H3,(H,21,22);1H. The molecule has 1 heterocycles. The fraction of sp³-hybridized carbons (Fsp3) is 0.278. The molecule has 2 aromatic rings. The van der Waals surface area contributed by atoms with Crippen molar-refractivity contribution in [3.8, 4) is 5.75 Å². The molecule has 0 aliphatic carbocycles. The van der Waals surface area contributed by atoms with Gasteiger partial charge in [0, 0.05) is 17.1 Å². The number of halogens is 2. The van der Waals surface area contributed by atoms with E-state index in [-0.39, 0.29) is 24.4 Å². The summed E-state index contributed by atoms with van der Waals surface area (Å²) in [6.45, 7) is 1.49. The second-order valence-electron chi connectivity index (χ2n) is 5.51. The van der Waals surface area contributed by atoms with E-state index in [1.807, 2.05) is 18.2 Å². The van der Waals surface area contributed by atoms with Crippen molar-refractivity contribution in [2.75, 3.05) is 20.2 Å². The first kappa shape index (κ1) is 18.8. The number of hydrogen-bond acceptors (Lipinski definition) is 3. The van der Waals surface area contributed by atoms with Crippen molar-refractivity contribution in [2.45, 2.75) is 12.5 Å². The van der Waals surface area contributed by atoms with Crippen LogP contribution in [-0.4, -0.2) is 26.1 Å². The Morgan fingerprint density at radius 1 is 1.33 bits per heavy atom. The molecule has 2 aromatic carbocycles. The third kappa shape index (κ3) is 4.09. The van der Waals surface area contributed by atoms with Crippen LogP contribution >= 0.6 is 28.3 Å². The Balaban J connectivity index is 0.00000208. The van der Waals surface area contributed by atoms with Gasteiger partial charge in [0.15, 0.2) is 0 Å². The molecular formula is C18H20BrClN2O2. The SMILES string of the molecule is COc1ccc(Br)c(C(=O)NCC2NCCc3ccccc32)c1.Cl. The lowest BCUT2D eigenvalue weighted by molar-refractivity contribution is 0.0948. The molecule has 0 saturated carbocycles. The Hall–Kier alpha value is -1.56. The molecule has 0 radical (unpaired) electrons. The summed E-state index contributed by atoms with van der Waals surface area (Å²) in [6, 6.07) is 13.9. The second-order valence-corrected chi connectivity index (χ2v) is 6.37. The van der Waals surface area contributed by atoms with E-state index in [9.17, 15) is 4.79 Å². The van der Waals surface area contributed by atoms with E-state index in [1.165, 1.54) is 11.1 Å². The molecule has 2 N–H and O–H groups in total. The molecule has 1 aliphatic heterocycles. The van der Waals surface area contributed by atoms with Gasteiger partial charge in [0.1, 0.15) is 5.75 Å². The summed E-state index contributed by atoms with van der Waals surface area (Å²) in [4.78, 5) is 12.5. The molecule has 1 atom stereocenters. The molecule has 0 fully saturated rings. The highest BCUT2D eigenvalue weighted by atomic mass is 79.9. The molecule has 0 aromatic heterocycles. The number of hydrogen-bond donors (Lipinski definition) is 2. The van der Waals surface area contributed by atoms with Gasteiger partial charge in [0.2, 0.25) is 0 Å². The molecule has 0 spiro atoms. The average molecular weight is 412 g/mol. The monoisotopic (exact) mass is 410 g/mol. The van der Waals surface area contributed by atoms with E-state index >= 15 is 0 Å². The number of nitrogens with one attached hydrogen (secondary N) is 2. The summed E-state index contributed by atoms with van der Waals surface area (Å²) < 4.78 is 5.95. The van der Waals surface area contributed by atoms with Crippen molar-refractivity contribution < 1.29 is 9.53 Å². The van der Waals surface area contributed by atoms with Crippen LogP contribution in [0.5, 0.6) is 5.75 Å². The number of fused-ring (bicyclic) bond motifs is 1. The second kappa shape index (κ2) is 8.51. The highest BCUT2D eigenvalue weighted by Crippen LogP contribution is 2.24. The summed E-state index contributed by atoms with van der Waals surface area (Å²) in [5.41, 5.74) is 3.20. The van der Waals surface area contributed by atoms with Gasteiger partial charge in [-0.05, 0) is 58.2 Å². The maximum atomic E-state index is 12.5. The van der Waals surface area contributed by atoms with Crippen LogP contribution in [0.3, 0.4) is 0 Å². The van der Waals surface area contributed by atoms with E-state index in [0.29, 0.717) is 17.9 Å². The van der Waals surface area contributed by atoms with Crippen molar-refractivity contribution >= 4 is 34.2 Å². The molecule has 6 heteroatoms.